The second kappa shape index (κ2) is 6.05. The van der Waals surface area contributed by atoms with Crippen LogP contribution in [0.1, 0.15) is 5.56 Å². The number of halogens is 1. The maximum absolute atomic E-state index is 13.6. The number of hydrogen-bond donors (Lipinski definition) is 1. The number of aromatic nitrogens is 1. The van der Waals surface area contributed by atoms with E-state index in [0.717, 1.165) is 0 Å². The predicted molar refractivity (Wildman–Crippen MR) is 81.0 cm³/mol. The third-order valence-electron chi connectivity index (χ3n) is 3.00. The molecule has 4 nitrogen and oxygen atoms in total. The lowest BCUT2D eigenvalue weighted by atomic mass is 10.1. The van der Waals surface area contributed by atoms with Gasteiger partial charge in [0.2, 0.25) is 5.91 Å². The molecule has 106 valence electrons. The maximum atomic E-state index is 13.6. The van der Waals surface area contributed by atoms with Crippen LogP contribution in [0.15, 0.2) is 53.7 Å². The monoisotopic (exact) mass is 301 g/mol. The third-order valence-corrected chi connectivity index (χ3v) is 4.09. The fourth-order valence-electron chi connectivity index (χ4n) is 1.98. The number of nitrogens with one attached hydrogen (secondary N) is 1. The van der Waals surface area contributed by atoms with Gasteiger partial charge in [-0.05, 0) is 30.2 Å². The lowest BCUT2D eigenvalue weighted by Gasteiger charge is -2.06. The molecule has 1 saturated heterocycles. The number of pyridine rings is 1. The van der Waals surface area contributed by atoms with Crippen LogP contribution in [0.2, 0.25) is 0 Å². The summed E-state index contributed by atoms with van der Waals surface area (Å²) in [5.74, 6) is 0.0887. The van der Waals surface area contributed by atoms with Crippen molar-refractivity contribution in [1.29, 1.82) is 0 Å². The fourth-order valence-corrected chi connectivity index (χ4v) is 2.98. The van der Waals surface area contributed by atoms with Crippen LogP contribution in [-0.2, 0) is 11.2 Å². The summed E-state index contributed by atoms with van der Waals surface area (Å²) in [6, 6.07) is 11.9. The van der Waals surface area contributed by atoms with Crippen molar-refractivity contribution in [2.24, 2.45) is 4.99 Å². The smallest absolute Gasteiger partial charge is 0.239 e. The molecule has 0 spiro atoms. The zero-order valence-corrected chi connectivity index (χ0v) is 11.8. The molecule has 1 amide bonds. The number of amidine groups is 1. The highest BCUT2D eigenvalue weighted by molar-refractivity contribution is 8.15. The number of hydrogen-bond acceptors (Lipinski definition) is 4. The minimum absolute atomic E-state index is 0.155. The van der Waals surface area contributed by atoms with E-state index < -0.39 is 0 Å². The van der Waals surface area contributed by atoms with Crippen LogP contribution in [0.5, 0.6) is 0 Å². The van der Waals surface area contributed by atoms with Gasteiger partial charge < -0.3 is 5.32 Å². The first-order valence-corrected chi connectivity index (χ1v) is 7.31. The van der Waals surface area contributed by atoms with E-state index >= 15 is 0 Å². The van der Waals surface area contributed by atoms with Gasteiger partial charge in [-0.3, -0.25) is 4.79 Å². The number of thioether (sulfide) groups is 1. The van der Waals surface area contributed by atoms with Crippen molar-refractivity contribution >= 4 is 28.7 Å². The second-order valence-electron chi connectivity index (χ2n) is 4.50. The third kappa shape index (κ3) is 3.28. The number of amides is 1. The molecule has 1 aliphatic heterocycles. The van der Waals surface area contributed by atoms with Gasteiger partial charge in [-0.2, -0.15) is 0 Å². The molecule has 0 saturated carbocycles. The molecule has 1 N–H and O–H groups in total. The Morgan fingerprint density at radius 1 is 1.24 bits per heavy atom. The van der Waals surface area contributed by atoms with E-state index in [0.29, 0.717) is 23.0 Å². The van der Waals surface area contributed by atoms with Crippen LogP contribution >= 0.6 is 11.8 Å². The Balaban J connectivity index is 1.74. The van der Waals surface area contributed by atoms with Gasteiger partial charge in [0, 0.05) is 6.20 Å². The van der Waals surface area contributed by atoms with Crippen molar-refractivity contribution < 1.29 is 9.18 Å². The van der Waals surface area contributed by atoms with Crippen molar-refractivity contribution in [3.63, 3.8) is 0 Å². The van der Waals surface area contributed by atoms with E-state index in [1.807, 2.05) is 6.07 Å². The summed E-state index contributed by atoms with van der Waals surface area (Å²) >= 11 is 1.30. The predicted octanol–water partition coefficient (Wildman–Crippen LogP) is 2.68. The molecule has 1 unspecified atom stereocenters. The van der Waals surface area contributed by atoms with E-state index in [1.165, 1.54) is 17.8 Å². The van der Waals surface area contributed by atoms with Crippen molar-refractivity contribution in [2.45, 2.75) is 11.7 Å². The van der Waals surface area contributed by atoms with Crippen LogP contribution in [0, 0.1) is 5.82 Å². The summed E-state index contributed by atoms with van der Waals surface area (Å²) in [6.07, 6.45) is 1.97. The van der Waals surface area contributed by atoms with Crippen LogP contribution in [-0.4, -0.2) is 21.3 Å². The Kier molecular flexibility index (Phi) is 3.96. The summed E-state index contributed by atoms with van der Waals surface area (Å²) < 4.78 is 13.6. The summed E-state index contributed by atoms with van der Waals surface area (Å²) in [5.41, 5.74) is 0.532. The molecule has 2 heterocycles. The molecule has 1 aromatic carbocycles. The Hall–Kier alpha value is -2.21. The number of carbonyl (C=O) groups excluding carboxylic acids is 1. The van der Waals surface area contributed by atoms with Crippen molar-refractivity contribution in [2.75, 3.05) is 0 Å². The van der Waals surface area contributed by atoms with Gasteiger partial charge >= 0.3 is 0 Å². The van der Waals surface area contributed by atoms with Gasteiger partial charge in [0.15, 0.2) is 11.0 Å². The zero-order valence-electron chi connectivity index (χ0n) is 11.0. The van der Waals surface area contributed by atoms with E-state index in [4.69, 9.17) is 0 Å². The number of rotatable bonds is 3. The summed E-state index contributed by atoms with van der Waals surface area (Å²) in [5, 5.41) is 2.83. The van der Waals surface area contributed by atoms with Crippen molar-refractivity contribution in [1.82, 2.24) is 10.3 Å². The molecule has 2 aromatic rings. The molecule has 3 rings (SSSR count). The van der Waals surface area contributed by atoms with Gasteiger partial charge in [-0.25, -0.2) is 14.4 Å². The normalized spacial score (nSPS) is 19.8. The summed E-state index contributed by atoms with van der Waals surface area (Å²) in [6.45, 7) is 0. The first-order valence-electron chi connectivity index (χ1n) is 6.43. The lowest BCUT2D eigenvalue weighted by molar-refractivity contribution is -0.118. The van der Waals surface area contributed by atoms with Crippen LogP contribution in [0.25, 0.3) is 0 Å². The molecule has 0 bridgehead atoms. The summed E-state index contributed by atoms with van der Waals surface area (Å²) in [4.78, 5) is 20.3. The van der Waals surface area contributed by atoms with E-state index in [1.54, 1.807) is 36.5 Å². The molecular weight excluding hydrogens is 289 g/mol. The molecule has 21 heavy (non-hydrogen) atoms. The van der Waals surface area contributed by atoms with E-state index in [-0.39, 0.29) is 17.0 Å². The van der Waals surface area contributed by atoms with Gasteiger partial charge in [0.1, 0.15) is 5.82 Å². The SMILES string of the molecule is O=C1N/C(=N/c2ccccn2)SC1Cc1ccccc1F. The quantitative estimate of drug-likeness (QED) is 0.948. The number of nitrogens with zero attached hydrogens (tertiary/aromatic N) is 2. The van der Waals surface area contributed by atoms with Gasteiger partial charge in [-0.1, -0.05) is 36.0 Å². The Bertz CT molecular complexity index is 690. The Morgan fingerprint density at radius 3 is 2.81 bits per heavy atom. The average molecular weight is 301 g/mol. The molecule has 0 aliphatic carbocycles. The standard InChI is InChI=1S/C15H12FN3OS/c16-11-6-2-1-5-10(11)9-12-14(20)19-15(21-12)18-13-7-3-4-8-17-13/h1-8,12H,9H2,(H,17,18,19,20). The topological polar surface area (TPSA) is 54.4 Å². The van der Waals surface area contributed by atoms with Crippen molar-refractivity contribution in [3.8, 4) is 0 Å². The number of benzene rings is 1. The number of aliphatic imine (C=N–C) groups is 1. The van der Waals surface area contributed by atoms with Gasteiger partial charge in [0.05, 0.1) is 5.25 Å². The Morgan fingerprint density at radius 2 is 2.05 bits per heavy atom. The lowest BCUT2D eigenvalue weighted by Crippen LogP contribution is -2.26. The summed E-state index contributed by atoms with van der Waals surface area (Å²) in [7, 11) is 0. The van der Waals surface area contributed by atoms with Crippen molar-refractivity contribution in [3.05, 3.63) is 60.0 Å². The highest BCUT2D eigenvalue weighted by Crippen LogP contribution is 2.25. The molecule has 1 aromatic heterocycles. The fraction of sp³-hybridized carbons (Fsp3) is 0.133. The highest BCUT2D eigenvalue weighted by Gasteiger charge is 2.30. The molecule has 0 radical (unpaired) electrons. The first kappa shape index (κ1) is 13.8. The van der Waals surface area contributed by atoms with Crippen LogP contribution in [0.3, 0.4) is 0 Å². The average Bonchev–Trinajstić information content (AvgIpc) is 2.82. The molecule has 1 aliphatic rings. The minimum Gasteiger partial charge on any atom is -0.304 e. The Labute approximate surface area is 125 Å². The minimum atomic E-state index is -0.371. The van der Waals surface area contributed by atoms with Gasteiger partial charge in [-0.15, -0.1) is 0 Å². The van der Waals surface area contributed by atoms with Crippen LogP contribution < -0.4 is 5.32 Å². The molecule has 1 fully saturated rings. The molecule has 1 atom stereocenters. The molecule has 6 heteroatoms. The van der Waals surface area contributed by atoms with Gasteiger partial charge in [0.25, 0.3) is 0 Å². The molecular formula is C15H12FN3OS. The van der Waals surface area contributed by atoms with E-state index in [2.05, 4.69) is 15.3 Å². The maximum Gasteiger partial charge on any atom is 0.239 e. The second-order valence-corrected chi connectivity index (χ2v) is 5.69. The zero-order chi connectivity index (χ0) is 14.7. The van der Waals surface area contributed by atoms with E-state index in [9.17, 15) is 9.18 Å². The largest absolute Gasteiger partial charge is 0.304 e. The van der Waals surface area contributed by atoms with Crippen LogP contribution in [0.4, 0.5) is 10.2 Å². The highest BCUT2D eigenvalue weighted by atomic mass is 32.2. The first-order chi connectivity index (χ1) is 10.2. The number of carbonyl (C=O) groups is 1.